The molecule has 2 aliphatic carbocycles. The van der Waals surface area contributed by atoms with Gasteiger partial charge in [0.1, 0.15) is 0 Å². The number of fused-ring (bicyclic) bond motifs is 2. The van der Waals surface area contributed by atoms with Crippen molar-refractivity contribution < 1.29 is 0 Å². The Morgan fingerprint density at radius 3 is 2.42 bits per heavy atom. The van der Waals surface area contributed by atoms with E-state index < -0.39 is 0 Å². The number of nitriles is 1. The molecule has 0 aromatic heterocycles. The largest absolute Gasteiger partial charge is 0.314 e. The van der Waals surface area contributed by atoms with E-state index >= 15 is 0 Å². The van der Waals surface area contributed by atoms with Crippen LogP contribution in [0.4, 0.5) is 0 Å². The minimum Gasteiger partial charge on any atom is -0.314 e. The summed E-state index contributed by atoms with van der Waals surface area (Å²) in [6, 6.07) is 2.34. The molecule has 2 saturated carbocycles. The van der Waals surface area contributed by atoms with Crippen molar-refractivity contribution in [3.63, 3.8) is 0 Å². The summed E-state index contributed by atoms with van der Waals surface area (Å²) in [4.78, 5) is 0. The minimum atomic E-state index is 0.401. The van der Waals surface area contributed by atoms with Gasteiger partial charge in [0.05, 0.1) is 6.07 Å². The molecule has 0 spiro atoms. The predicted molar refractivity (Wildman–Crippen MR) is 47.5 cm³/mol. The SMILES string of the molecule is CNC12CCC(CC#N)(CC1)C2. The van der Waals surface area contributed by atoms with E-state index in [1.54, 1.807) is 0 Å². The van der Waals surface area contributed by atoms with Crippen LogP contribution >= 0.6 is 0 Å². The summed E-state index contributed by atoms with van der Waals surface area (Å²) in [5.74, 6) is 0. The molecule has 2 nitrogen and oxygen atoms in total. The standard InChI is InChI=1S/C10H16N2/c1-12-10-4-2-9(8-10,3-5-10)6-7-11/h12H,2-6,8H2,1H3. The van der Waals surface area contributed by atoms with Gasteiger partial charge in [-0.15, -0.1) is 0 Å². The van der Waals surface area contributed by atoms with E-state index in [0.29, 0.717) is 11.0 Å². The van der Waals surface area contributed by atoms with Gasteiger partial charge in [-0.05, 0) is 44.6 Å². The van der Waals surface area contributed by atoms with Crippen molar-refractivity contribution in [2.24, 2.45) is 5.41 Å². The fourth-order valence-electron chi connectivity index (χ4n) is 3.08. The zero-order valence-electron chi connectivity index (χ0n) is 7.69. The average molecular weight is 164 g/mol. The van der Waals surface area contributed by atoms with Gasteiger partial charge in [0, 0.05) is 12.0 Å². The lowest BCUT2D eigenvalue weighted by molar-refractivity contribution is 0.295. The topological polar surface area (TPSA) is 35.8 Å². The fraction of sp³-hybridized carbons (Fsp3) is 0.900. The molecule has 0 unspecified atom stereocenters. The maximum Gasteiger partial charge on any atom is 0.0627 e. The lowest BCUT2D eigenvalue weighted by atomic mass is 9.82. The van der Waals surface area contributed by atoms with Gasteiger partial charge in [0.2, 0.25) is 0 Å². The molecule has 2 aliphatic rings. The molecule has 2 rings (SSSR count). The smallest absolute Gasteiger partial charge is 0.0627 e. The van der Waals surface area contributed by atoms with Crippen molar-refractivity contribution in [3.8, 4) is 6.07 Å². The van der Waals surface area contributed by atoms with E-state index in [2.05, 4.69) is 18.4 Å². The van der Waals surface area contributed by atoms with E-state index in [0.717, 1.165) is 6.42 Å². The second-order valence-electron chi connectivity index (χ2n) is 4.54. The summed E-state index contributed by atoms with van der Waals surface area (Å²) >= 11 is 0. The van der Waals surface area contributed by atoms with E-state index in [9.17, 15) is 0 Å². The maximum absolute atomic E-state index is 8.73. The monoisotopic (exact) mass is 164 g/mol. The number of rotatable bonds is 2. The summed E-state index contributed by atoms with van der Waals surface area (Å²) < 4.78 is 0. The molecule has 0 atom stereocenters. The second-order valence-corrected chi connectivity index (χ2v) is 4.54. The second kappa shape index (κ2) is 2.47. The number of nitrogens with one attached hydrogen (secondary N) is 1. The van der Waals surface area contributed by atoms with Crippen LogP contribution in [0.3, 0.4) is 0 Å². The molecule has 0 aliphatic heterocycles. The average Bonchev–Trinajstić information content (AvgIpc) is 2.61. The van der Waals surface area contributed by atoms with Gasteiger partial charge in [-0.3, -0.25) is 0 Å². The molecular weight excluding hydrogens is 148 g/mol. The lowest BCUT2D eigenvalue weighted by Crippen LogP contribution is -2.37. The van der Waals surface area contributed by atoms with Crippen LogP contribution in [0.15, 0.2) is 0 Å². The normalized spacial score (nSPS) is 44.7. The van der Waals surface area contributed by atoms with Gasteiger partial charge in [0.25, 0.3) is 0 Å². The van der Waals surface area contributed by atoms with Gasteiger partial charge in [0.15, 0.2) is 0 Å². The maximum atomic E-state index is 8.73. The first-order valence-electron chi connectivity index (χ1n) is 4.80. The summed E-state index contributed by atoms with van der Waals surface area (Å²) in [5.41, 5.74) is 0.814. The van der Waals surface area contributed by atoms with Crippen molar-refractivity contribution in [3.05, 3.63) is 0 Å². The van der Waals surface area contributed by atoms with Crippen molar-refractivity contribution in [2.75, 3.05) is 7.05 Å². The molecule has 2 heteroatoms. The van der Waals surface area contributed by atoms with Gasteiger partial charge in [-0.25, -0.2) is 0 Å². The van der Waals surface area contributed by atoms with Crippen molar-refractivity contribution in [1.82, 2.24) is 5.32 Å². The van der Waals surface area contributed by atoms with Crippen LogP contribution in [0.5, 0.6) is 0 Å². The fourth-order valence-corrected chi connectivity index (χ4v) is 3.08. The Balaban J connectivity index is 2.13. The van der Waals surface area contributed by atoms with Crippen LogP contribution in [0.1, 0.15) is 38.5 Å². The summed E-state index contributed by atoms with van der Waals surface area (Å²) in [7, 11) is 2.06. The molecular formula is C10H16N2. The molecule has 1 N–H and O–H groups in total. The Labute approximate surface area is 74.0 Å². The molecule has 12 heavy (non-hydrogen) atoms. The van der Waals surface area contributed by atoms with E-state index in [1.807, 2.05) is 0 Å². The number of nitrogens with zero attached hydrogens (tertiary/aromatic N) is 1. The number of hydrogen-bond donors (Lipinski definition) is 1. The van der Waals surface area contributed by atoms with E-state index in [4.69, 9.17) is 5.26 Å². The number of hydrogen-bond acceptors (Lipinski definition) is 2. The molecule has 0 heterocycles. The molecule has 2 bridgehead atoms. The van der Waals surface area contributed by atoms with Gasteiger partial charge < -0.3 is 5.32 Å². The molecule has 0 aromatic rings. The zero-order valence-corrected chi connectivity index (χ0v) is 7.69. The Kier molecular flexibility index (Phi) is 1.66. The zero-order chi connectivity index (χ0) is 8.66. The van der Waals surface area contributed by atoms with E-state index in [1.165, 1.54) is 32.1 Å². The highest BCUT2D eigenvalue weighted by Crippen LogP contribution is 2.57. The van der Waals surface area contributed by atoms with Crippen LogP contribution in [0.2, 0.25) is 0 Å². The highest BCUT2D eigenvalue weighted by atomic mass is 15.0. The molecule has 0 saturated heterocycles. The van der Waals surface area contributed by atoms with Gasteiger partial charge in [-0.1, -0.05) is 0 Å². The molecule has 0 aromatic carbocycles. The molecule has 66 valence electrons. The highest BCUT2D eigenvalue weighted by molar-refractivity contribution is 5.11. The van der Waals surface area contributed by atoms with Crippen LogP contribution in [0, 0.1) is 16.7 Å². The first-order chi connectivity index (χ1) is 5.74. The summed E-state index contributed by atoms with van der Waals surface area (Å²) in [6.45, 7) is 0. The Morgan fingerprint density at radius 2 is 2.00 bits per heavy atom. The summed E-state index contributed by atoms with van der Waals surface area (Å²) in [5, 5.41) is 12.2. The van der Waals surface area contributed by atoms with Crippen LogP contribution in [-0.2, 0) is 0 Å². The van der Waals surface area contributed by atoms with Crippen LogP contribution in [0.25, 0.3) is 0 Å². The van der Waals surface area contributed by atoms with Gasteiger partial charge >= 0.3 is 0 Å². The van der Waals surface area contributed by atoms with Crippen LogP contribution in [-0.4, -0.2) is 12.6 Å². The van der Waals surface area contributed by atoms with Crippen molar-refractivity contribution in [2.45, 2.75) is 44.1 Å². The predicted octanol–water partition coefficient (Wildman–Crippen LogP) is 1.82. The third kappa shape index (κ3) is 0.964. The first-order valence-corrected chi connectivity index (χ1v) is 4.80. The molecule has 2 fully saturated rings. The molecule has 0 radical (unpaired) electrons. The third-order valence-corrected chi connectivity index (χ3v) is 3.97. The molecule has 0 amide bonds. The Bertz CT molecular complexity index is 218. The van der Waals surface area contributed by atoms with Crippen molar-refractivity contribution in [1.29, 1.82) is 5.26 Å². The lowest BCUT2D eigenvalue weighted by Gasteiger charge is -2.26. The van der Waals surface area contributed by atoms with Crippen molar-refractivity contribution >= 4 is 0 Å². The Hall–Kier alpha value is -0.550. The first kappa shape index (κ1) is 8.07. The van der Waals surface area contributed by atoms with Crippen LogP contribution < -0.4 is 5.32 Å². The minimum absolute atomic E-state index is 0.401. The van der Waals surface area contributed by atoms with Gasteiger partial charge in [-0.2, -0.15) is 5.26 Å². The third-order valence-electron chi connectivity index (χ3n) is 3.97. The van der Waals surface area contributed by atoms with E-state index in [-0.39, 0.29) is 0 Å². The Morgan fingerprint density at radius 1 is 1.33 bits per heavy atom. The highest BCUT2D eigenvalue weighted by Gasteiger charge is 2.53. The quantitative estimate of drug-likeness (QED) is 0.675. The summed E-state index contributed by atoms with van der Waals surface area (Å²) in [6.07, 6.45) is 7.11.